The zero-order chi connectivity index (χ0) is 13.6. The third-order valence-electron chi connectivity index (χ3n) is 2.56. The summed E-state index contributed by atoms with van der Waals surface area (Å²) in [7, 11) is 0. The van der Waals surface area contributed by atoms with Crippen molar-refractivity contribution in [1.82, 2.24) is 5.32 Å². The first-order valence-corrected chi connectivity index (χ1v) is 7.21. The second kappa shape index (κ2) is 7.02. The summed E-state index contributed by atoms with van der Waals surface area (Å²) in [6.45, 7) is 4.42. The molecule has 1 atom stereocenters. The van der Waals surface area contributed by atoms with Crippen molar-refractivity contribution in [2.45, 2.75) is 30.7 Å². The Hall–Kier alpha value is -0.710. The lowest BCUT2D eigenvalue weighted by Gasteiger charge is -2.25. The molecule has 0 aromatic heterocycles. The van der Waals surface area contributed by atoms with Crippen LogP contribution in [0.3, 0.4) is 0 Å². The fraction of sp³-hybridized carbons (Fsp3) is 0.462. The Morgan fingerprint density at radius 1 is 1.56 bits per heavy atom. The highest BCUT2D eigenvalue weighted by molar-refractivity contribution is 7.99. The maximum absolute atomic E-state index is 11.3. The van der Waals surface area contributed by atoms with Crippen molar-refractivity contribution in [1.29, 1.82) is 0 Å². The lowest BCUT2D eigenvalue weighted by molar-refractivity contribution is -0.143. The minimum Gasteiger partial charge on any atom is -0.480 e. The highest BCUT2D eigenvalue weighted by Gasteiger charge is 2.32. The number of nitrogens with one attached hydrogen (secondary N) is 1. The van der Waals surface area contributed by atoms with E-state index in [2.05, 4.69) is 5.32 Å². The number of carbonyl (C=O) groups is 1. The van der Waals surface area contributed by atoms with Gasteiger partial charge in [-0.05, 0) is 38.1 Å². The summed E-state index contributed by atoms with van der Waals surface area (Å²) in [5.41, 5.74) is -0.914. The second-order valence-corrected chi connectivity index (χ2v) is 5.80. The van der Waals surface area contributed by atoms with Gasteiger partial charge in [-0.25, -0.2) is 0 Å². The van der Waals surface area contributed by atoms with Crippen molar-refractivity contribution in [3.8, 4) is 0 Å². The number of aliphatic carboxylic acids is 1. The molecule has 0 saturated carbocycles. The van der Waals surface area contributed by atoms with E-state index in [1.807, 2.05) is 25.1 Å². The van der Waals surface area contributed by atoms with E-state index in [0.717, 1.165) is 11.3 Å². The van der Waals surface area contributed by atoms with Crippen molar-refractivity contribution in [2.24, 2.45) is 0 Å². The van der Waals surface area contributed by atoms with E-state index in [1.165, 1.54) is 11.8 Å². The molecule has 18 heavy (non-hydrogen) atoms. The van der Waals surface area contributed by atoms with Gasteiger partial charge in [0, 0.05) is 15.7 Å². The van der Waals surface area contributed by atoms with E-state index < -0.39 is 11.5 Å². The Bertz CT molecular complexity index is 414. The molecule has 2 N–H and O–H groups in total. The fourth-order valence-electron chi connectivity index (χ4n) is 1.37. The summed E-state index contributed by atoms with van der Waals surface area (Å²) >= 11 is 7.39. The molecular formula is C13H18ClNO2S. The van der Waals surface area contributed by atoms with E-state index >= 15 is 0 Å². The summed E-state index contributed by atoms with van der Waals surface area (Å²) in [4.78, 5) is 12.3. The van der Waals surface area contributed by atoms with Crippen LogP contribution >= 0.6 is 23.4 Å². The normalized spacial score (nSPS) is 14.2. The molecule has 1 aromatic rings. The molecule has 0 fully saturated rings. The van der Waals surface area contributed by atoms with Crippen molar-refractivity contribution < 1.29 is 9.90 Å². The van der Waals surface area contributed by atoms with Crippen LogP contribution in [0.25, 0.3) is 0 Å². The maximum atomic E-state index is 11.3. The molecule has 0 bridgehead atoms. The molecule has 1 aromatic carbocycles. The van der Waals surface area contributed by atoms with Gasteiger partial charge in [0.05, 0.1) is 0 Å². The van der Waals surface area contributed by atoms with E-state index in [9.17, 15) is 9.90 Å². The van der Waals surface area contributed by atoms with Gasteiger partial charge in [0.2, 0.25) is 0 Å². The average molecular weight is 288 g/mol. The van der Waals surface area contributed by atoms with Crippen LogP contribution in [0.15, 0.2) is 29.2 Å². The number of benzene rings is 1. The molecule has 0 heterocycles. The molecule has 0 spiro atoms. The molecule has 0 aliphatic heterocycles. The molecule has 0 amide bonds. The Kier molecular flexibility index (Phi) is 5.99. The topological polar surface area (TPSA) is 49.3 Å². The van der Waals surface area contributed by atoms with Crippen LogP contribution in [0.1, 0.15) is 20.3 Å². The number of halogens is 1. The van der Waals surface area contributed by atoms with Crippen molar-refractivity contribution in [3.63, 3.8) is 0 Å². The van der Waals surface area contributed by atoms with Crippen LogP contribution in [0.5, 0.6) is 0 Å². The van der Waals surface area contributed by atoms with Crippen molar-refractivity contribution in [3.05, 3.63) is 29.3 Å². The lowest BCUT2D eigenvalue weighted by Crippen LogP contribution is -2.51. The fourth-order valence-corrected chi connectivity index (χ4v) is 2.69. The monoisotopic (exact) mass is 287 g/mol. The maximum Gasteiger partial charge on any atom is 0.324 e. The number of rotatable bonds is 7. The van der Waals surface area contributed by atoms with Gasteiger partial charge in [-0.1, -0.05) is 24.6 Å². The first-order valence-electron chi connectivity index (χ1n) is 5.85. The quantitative estimate of drug-likeness (QED) is 0.756. The smallest absolute Gasteiger partial charge is 0.324 e. The second-order valence-electron chi connectivity index (χ2n) is 4.31. The largest absolute Gasteiger partial charge is 0.480 e. The van der Waals surface area contributed by atoms with Crippen molar-refractivity contribution in [2.75, 3.05) is 12.3 Å². The van der Waals surface area contributed by atoms with Gasteiger partial charge in [0.1, 0.15) is 5.54 Å². The highest BCUT2D eigenvalue weighted by Crippen LogP contribution is 2.25. The zero-order valence-corrected chi connectivity index (χ0v) is 12.1. The van der Waals surface area contributed by atoms with E-state index in [-0.39, 0.29) is 0 Å². The molecule has 0 saturated heterocycles. The summed E-state index contributed by atoms with van der Waals surface area (Å²) < 4.78 is 0. The summed E-state index contributed by atoms with van der Waals surface area (Å²) in [5, 5.41) is 13.0. The zero-order valence-electron chi connectivity index (χ0n) is 10.6. The standard InChI is InChI=1S/C13H18ClNO2S/c1-3-7-15-13(2,12(16)17)9-18-11-6-4-5-10(14)8-11/h4-6,8,15H,3,7,9H2,1-2H3,(H,16,17). The lowest BCUT2D eigenvalue weighted by atomic mass is 10.1. The molecule has 100 valence electrons. The van der Waals surface area contributed by atoms with E-state index in [4.69, 9.17) is 11.6 Å². The van der Waals surface area contributed by atoms with E-state index in [0.29, 0.717) is 17.3 Å². The summed E-state index contributed by atoms with van der Waals surface area (Å²) in [6.07, 6.45) is 0.907. The number of thioether (sulfide) groups is 1. The Balaban J connectivity index is 2.65. The number of carboxylic acid groups (broad SMARTS) is 1. The van der Waals surface area contributed by atoms with Gasteiger partial charge in [-0.3, -0.25) is 4.79 Å². The number of hydrogen-bond acceptors (Lipinski definition) is 3. The van der Waals surface area contributed by atoms with Gasteiger partial charge in [0.25, 0.3) is 0 Å². The Labute approximate surface area is 117 Å². The molecule has 3 nitrogen and oxygen atoms in total. The average Bonchev–Trinajstić information content (AvgIpc) is 2.34. The van der Waals surface area contributed by atoms with Gasteiger partial charge in [0.15, 0.2) is 0 Å². The SMILES string of the molecule is CCCNC(C)(CSc1cccc(Cl)c1)C(=O)O. The third kappa shape index (κ3) is 4.52. The number of hydrogen-bond donors (Lipinski definition) is 2. The molecule has 0 aliphatic carbocycles. The Morgan fingerprint density at radius 2 is 2.28 bits per heavy atom. The molecular weight excluding hydrogens is 270 g/mol. The molecule has 0 aliphatic rings. The predicted octanol–water partition coefficient (Wildman–Crippen LogP) is 3.28. The van der Waals surface area contributed by atoms with Crippen LogP contribution in [0, 0.1) is 0 Å². The van der Waals surface area contributed by atoms with Crippen LogP contribution in [0.2, 0.25) is 5.02 Å². The molecule has 0 radical (unpaired) electrons. The van der Waals surface area contributed by atoms with Crippen LogP contribution in [-0.2, 0) is 4.79 Å². The first kappa shape index (κ1) is 15.3. The minimum atomic E-state index is -0.914. The van der Waals surface area contributed by atoms with Crippen LogP contribution in [-0.4, -0.2) is 28.9 Å². The summed E-state index contributed by atoms with van der Waals surface area (Å²) in [6, 6.07) is 7.44. The minimum absolute atomic E-state index is 0.461. The van der Waals surface area contributed by atoms with Crippen LogP contribution < -0.4 is 5.32 Å². The van der Waals surface area contributed by atoms with Gasteiger partial charge < -0.3 is 10.4 Å². The highest BCUT2D eigenvalue weighted by atomic mass is 35.5. The molecule has 5 heteroatoms. The van der Waals surface area contributed by atoms with Gasteiger partial charge in [-0.15, -0.1) is 11.8 Å². The predicted molar refractivity (Wildman–Crippen MR) is 76.5 cm³/mol. The third-order valence-corrected chi connectivity index (χ3v) is 4.10. The van der Waals surface area contributed by atoms with Gasteiger partial charge in [-0.2, -0.15) is 0 Å². The summed E-state index contributed by atoms with van der Waals surface area (Å²) in [5.74, 6) is -0.367. The first-order chi connectivity index (χ1) is 8.48. The van der Waals surface area contributed by atoms with E-state index in [1.54, 1.807) is 13.0 Å². The van der Waals surface area contributed by atoms with Crippen LogP contribution in [0.4, 0.5) is 0 Å². The Morgan fingerprint density at radius 3 is 2.83 bits per heavy atom. The number of carboxylic acids is 1. The molecule has 1 unspecified atom stereocenters. The van der Waals surface area contributed by atoms with Crippen molar-refractivity contribution >= 4 is 29.3 Å². The van der Waals surface area contributed by atoms with Gasteiger partial charge >= 0.3 is 5.97 Å². The molecule has 1 rings (SSSR count).